The van der Waals surface area contributed by atoms with E-state index in [0.29, 0.717) is 23.8 Å². The molecule has 0 amide bonds. The molecule has 0 radical (unpaired) electrons. The van der Waals surface area contributed by atoms with E-state index in [-0.39, 0.29) is 5.92 Å². The van der Waals surface area contributed by atoms with Gasteiger partial charge >= 0.3 is 0 Å². The van der Waals surface area contributed by atoms with Crippen LogP contribution in [0, 0.1) is 5.92 Å². The summed E-state index contributed by atoms with van der Waals surface area (Å²) in [6.07, 6.45) is 1.72. The van der Waals surface area contributed by atoms with Crippen LogP contribution in [0.1, 0.15) is 19.7 Å². The summed E-state index contributed by atoms with van der Waals surface area (Å²) in [5.74, 6) is 1.06. The molecule has 1 unspecified atom stereocenters. The van der Waals surface area contributed by atoms with Gasteiger partial charge in [0.2, 0.25) is 11.7 Å². The van der Waals surface area contributed by atoms with Gasteiger partial charge in [0.25, 0.3) is 0 Å². The van der Waals surface area contributed by atoms with Crippen molar-refractivity contribution in [3.63, 3.8) is 0 Å². The van der Waals surface area contributed by atoms with Crippen LogP contribution in [0.2, 0.25) is 0 Å². The first-order valence-electron chi connectivity index (χ1n) is 5.57. The van der Waals surface area contributed by atoms with Crippen molar-refractivity contribution >= 4 is 0 Å². The van der Waals surface area contributed by atoms with E-state index in [0.717, 1.165) is 0 Å². The Kier molecular flexibility index (Phi) is 3.23. The first kappa shape index (κ1) is 11.8. The van der Waals surface area contributed by atoms with Crippen molar-refractivity contribution < 1.29 is 9.63 Å². The summed E-state index contributed by atoms with van der Waals surface area (Å²) in [6.45, 7) is 3.89. The molecule has 0 aliphatic rings. The van der Waals surface area contributed by atoms with Gasteiger partial charge < -0.3 is 9.63 Å². The molecule has 0 bridgehead atoms. The van der Waals surface area contributed by atoms with Gasteiger partial charge in [0.15, 0.2) is 0 Å². The third-order valence-corrected chi connectivity index (χ3v) is 2.56. The molecule has 2 aromatic heterocycles. The van der Waals surface area contributed by atoms with Crippen LogP contribution in [-0.4, -0.2) is 31.1 Å². The van der Waals surface area contributed by atoms with E-state index in [2.05, 4.69) is 15.2 Å². The molecule has 1 atom stereocenters. The Hall–Kier alpha value is -1.69. The number of hydrogen-bond donors (Lipinski definition) is 1. The summed E-state index contributed by atoms with van der Waals surface area (Å²) in [5, 5.41) is 17.7. The van der Waals surface area contributed by atoms with Gasteiger partial charge in [-0.1, -0.05) is 19.0 Å². The van der Waals surface area contributed by atoms with Crippen molar-refractivity contribution in [3.8, 4) is 11.5 Å². The van der Waals surface area contributed by atoms with Crippen LogP contribution in [0.15, 0.2) is 16.8 Å². The van der Waals surface area contributed by atoms with E-state index in [4.69, 9.17) is 4.52 Å². The molecule has 0 spiro atoms. The topological polar surface area (TPSA) is 77.0 Å². The summed E-state index contributed by atoms with van der Waals surface area (Å²) in [7, 11) is 1.83. The van der Waals surface area contributed by atoms with E-state index in [9.17, 15) is 5.11 Å². The molecule has 2 aromatic rings. The lowest BCUT2D eigenvalue weighted by Gasteiger charge is -2.10. The lowest BCUT2D eigenvalue weighted by atomic mass is 10.0. The molecule has 6 nitrogen and oxygen atoms in total. The zero-order valence-corrected chi connectivity index (χ0v) is 10.2. The van der Waals surface area contributed by atoms with Gasteiger partial charge in [-0.25, -0.2) is 0 Å². The van der Waals surface area contributed by atoms with Gasteiger partial charge in [-0.15, -0.1) is 0 Å². The van der Waals surface area contributed by atoms with Gasteiger partial charge in [0.05, 0.1) is 12.5 Å². The number of hydrogen-bond acceptors (Lipinski definition) is 5. The largest absolute Gasteiger partial charge is 0.392 e. The van der Waals surface area contributed by atoms with Gasteiger partial charge in [-0.2, -0.15) is 10.1 Å². The van der Waals surface area contributed by atoms with E-state index >= 15 is 0 Å². The van der Waals surface area contributed by atoms with Gasteiger partial charge in [-0.05, 0) is 12.0 Å². The molecule has 1 N–H and O–H groups in total. The van der Waals surface area contributed by atoms with Crippen molar-refractivity contribution in [2.24, 2.45) is 13.0 Å². The summed E-state index contributed by atoms with van der Waals surface area (Å²) < 4.78 is 6.75. The van der Waals surface area contributed by atoms with Crippen LogP contribution >= 0.6 is 0 Å². The fourth-order valence-corrected chi connectivity index (χ4v) is 1.39. The predicted octanol–water partition coefficient (Wildman–Crippen LogP) is 1.03. The maximum Gasteiger partial charge on any atom is 0.229 e. The minimum atomic E-state index is -0.466. The van der Waals surface area contributed by atoms with Crippen LogP contribution in [0.3, 0.4) is 0 Å². The minimum absolute atomic E-state index is 0.167. The Morgan fingerprint density at radius 2 is 2.24 bits per heavy atom. The second-order valence-corrected chi connectivity index (χ2v) is 4.40. The first-order valence-corrected chi connectivity index (χ1v) is 5.57. The SMILES string of the molecule is CC(C)C(O)Cc1nc(-c2ccn(C)n2)no1. The molecular formula is C11H16N4O2. The number of aryl methyl sites for hydroxylation is 1. The maximum atomic E-state index is 9.72. The molecule has 92 valence electrons. The molecule has 0 aromatic carbocycles. The van der Waals surface area contributed by atoms with Crippen molar-refractivity contribution in [3.05, 3.63) is 18.2 Å². The van der Waals surface area contributed by atoms with Crippen molar-refractivity contribution in [2.45, 2.75) is 26.4 Å². The first-order chi connectivity index (χ1) is 8.06. The Balaban J connectivity index is 2.11. The van der Waals surface area contributed by atoms with E-state index in [1.54, 1.807) is 4.68 Å². The number of rotatable bonds is 4. The average Bonchev–Trinajstić information content (AvgIpc) is 2.86. The van der Waals surface area contributed by atoms with Gasteiger partial charge in [-0.3, -0.25) is 4.68 Å². The van der Waals surface area contributed by atoms with Gasteiger partial charge in [0, 0.05) is 13.2 Å². The standard InChI is InChI=1S/C11H16N4O2/c1-7(2)9(16)6-10-12-11(14-17-10)8-4-5-15(3)13-8/h4-5,7,9,16H,6H2,1-3H3. The lowest BCUT2D eigenvalue weighted by molar-refractivity contribution is 0.116. The summed E-state index contributed by atoms with van der Waals surface area (Å²) in [4.78, 5) is 4.20. The van der Waals surface area contributed by atoms with Crippen LogP contribution in [0.25, 0.3) is 11.5 Å². The Morgan fingerprint density at radius 3 is 2.82 bits per heavy atom. The number of aliphatic hydroxyl groups is 1. The molecular weight excluding hydrogens is 220 g/mol. The summed E-state index contributed by atoms with van der Waals surface area (Å²) in [6, 6.07) is 1.81. The summed E-state index contributed by atoms with van der Waals surface area (Å²) in [5.41, 5.74) is 0.668. The number of aliphatic hydroxyl groups excluding tert-OH is 1. The van der Waals surface area contributed by atoms with Crippen LogP contribution < -0.4 is 0 Å². The molecule has 0 aliphatic carbocycles. The normalized spacial score (nSPS) is 13.2. The van der Waals surface area contributed by atoms with Crippen molar-refractivity contribution in [1.82, 2.24) is 19.9 Å². The monoisotopic (exact) mass is 236 g/mol. The quantitative estimate of drug-likeness (QED) is 0.857. The van der Waals surface area contributed by atoms with Crippen molar-refractivity contribution in [1.29, 1.82) is 0 Å². The third-order valence-electron chi connectivity index (χ3n) is 2.56. The molecule has 2 rings (SSSR count). The number of aromatic nitrogens is 4. The van der Waals surface area contributed by atoms with Crippen LogP contribution in [0.5, 0.6) is 0 Å². The smallest absolute Gasteiger partial charge is 0.229 e. The lowest BCUT2D eigenvalue weighted by Crippen LogP contribution is -2.17. The highest BCUT2D eigenvalue weighted by atomic mass is 16.5. The highest BCUT2D eigenvalue weighted by Crippen LogP contribution is 2.14. The minimum Gasteiger partial charge on any atom is -0.392 e. The Labute approximate surface area is 99.3 Å². The second kappa shape index (κ2) is 4.67. The fraction of sp³-hybridized carbons (Fsp3) is 0.545. The zero-order chi connectivity index (χ0) is 12.4. The molecule has 2 heterocycles. The third kappa shape index (κ3) is 2.71. The molecule has 0 fully saturated rings. The molecule has 0 saturated heterocycles. The molecule has 17 heavy (non-hydrogen) atoms. The Morgan fingerprint density at radius 1 is 1.47 bits per heavy atom. The fourth-order valence-electron chi connectivity index (χ4n) is 1.39. The van der Waals surface area contributed by atoms with E-state index in [1.165, 1.54) is 0 Å². The highest BCUT2D eigenvalue weighted by Gasteiger charge is 2.16. The number of nitrogens with zero attached hydrogens (tertiary/aromatic N) is 4. The maximum absolute atomic E-state index is 9.72. The van der Waals surface area contributed by atoms with Crippen molar-refractivity contribution in [2.75, 3.05) is 0 Å². The molecule has 0 saturated carbocycles. The van der Waals surface area contributed by atoms with E-state index < -0.39 is 6.10 Å². The van der Waals surface area contributed by atoms with Crippen LogP contribution in [0.4, 0.5) is 0 Å². The Bertz CT molecular complexity index is 489. The highest BCUT2D eigenvalue weighted by molar-refractivity contribution is 5.46. The molecule has 0 aliphatic heterocycles. The summed E-state index contributed by atoms with van der Waals surface area (Å²) >= 11 is 0. The zero-order valence-electron chi connectivity index (χ0n) is 10.2. The van der Waals surface area contributed by atoms with Crippen LogP contribution in [-0.2, 0) is 13.5 Å². The predicted molar refractivity (Wildman–Crippen MR) is 61.0 cm³/mol. The molecule has 6 heteroatoms. The van der Waals surface area contributed by atoms with E-state index in [1.807, 2.05) is 33.2 Å². The van der Waals surface area contributed by atoms with Gasteiger partial charge in [0.1, 0.15) is 5.69 Å². The second-order valence-electron chi connectivity index (χ2n) is 4.40. The average molecular weight is 236 g/mol.